The van der Waals surface area contributed by atoms with Crippen molar-refractivity contribution < 1.29 is 4.42 Å². The summed E-state index contributed by atoms with van der Waals surface area (Å²) in [6.07, 6.45) is 0. The van der Waals surface area contributed by atoms with Crippen molar-refractivity contribution in [3.8, 4) is 11.5 Å². The fraction of sp³-hybridized carbons (Fsp3) is 0. The second-order valence-corrected chi connectivity index (χ2v) is 4.55. The maximum absolute atomic E-state index is 5.79. The highest BCUT2D eigenvalue weighted by Crippen LogP contribution is 2.26. The molecule has 0 aliphatic rings. The summed E-state index contributed by atoms with van der Waals surface area (Å²) in [5.74, 6) is 0.673. The lowest BCUT2D eigenvalue weighted by Crippen LogP contribution is -1.78. The van der Waals surface area contributed by atoms with Crippen LogP contribution in [0.2, 0.25) is 0 Å². The monoisotopic (exact) mass is 245 g/mol. The zero-order valence-electron chi connectivity index (χ0n) is 10.2. The average Bonchev–Trinajstić information content (AvgIpc) is 2.90. The molecule has 0 aliphatic carbocycles. The van der Waals surface area contributed by atoms with E-state index in [9.17, 15) is 0 Å². The number of rotatable bonds is 1. The fourth-order valence-electron chi connectivity index (χ4n) is 2.32. The highest BCUT2D eigenvalue weighted by Gasteiger charge is 2.07. The van der Waals surface area contributed by atoms with Gasteiger partial charge in [0.25, 0.3) is 0 Å². The molecule has 0 aliphatic heterocycles. The van der Waals surface area contributed by atoms with Crippen molar-refractivity contribution in [2.75, 3.05) is 0 Å². The Morgan fingerprint density at radius 1 is 0.737 bits per heavy atom. The summed E-state index contributed by atoms with van der Waals surface area (Å²) in [5, 5.41) is 2.42. The van der Waals surface area contributed by atoms with Crippen molar-refractivity contribution in [1.29, 1.82) is 0 Å². The topological polar surface area (TPSA) is 26.0 Å². The van der Waals surface area contributed by atoms with Gasteiger partial charge in [0.1, 0.15) is 5.52 Å². The molecule has 0 fully saturated rings. The highest BCUT2D eigenvalue weighted by molar-refractivity contribution is 5.87. The molecule has 4 rings (SSSR count). The Balaban J connectivity index is 1.93. The lowest BCUT2D eigenvalue weighted by atomic mass is 10.1. The van der Waals surface area contributed by atoms with Crippen molar-refractivity contribution in [3.05, 3.63) is 66.7 Å². The van der Waals surface area contributed by atoms with Crippen LogP contribution < -0.4 is 0 Å². The molecule has 0 bridgehead atoms. The number of nitrogens with zero attached hydrogens (tertiary/aromatic N) is 1. The minimum absolute atomic E-state index is 0.673. The number of para-hydroxylation sites is 2. The van der Waals surface area contributed by atoms with Crippen LogP contribution in [0.4, 0.5) is 0 Å². The van der Waals surface area contributed by atoms with E-state index in [0.717, 1.165) is 16.7 Å². The first-order valence-corrected chi connectivity index (χ1v) is 6.25. The third-order valence-corrected chi connectivity index (χ3v) is 3.29. The fourth-order valence-corrected chi connectivity index (χ4v) is 2.32. The van der Waals surface area contributed by atoms with Crippen LogP contribution in [0.1, 0.15) is 0 Å². The number of fused-ring (bicyclic) bond motifs is 2. The predicted molar refractivity (Wildman–Crippen MR) is 77.0 cm³/mol. The van der Waals surface area contributed by atoms with Gasteiger partial charge in [0, 0.05) is 5.56 Å². The van der Waals surface area contributed by atoms with Gasteiger partial charge >= 0.3 is 0 Å². The molecule has 1 heterocycles. The van der Waals surface area contributed by atoms with Crippen molar-refractivity contribution in [2.45, 2.75) is 0 Å². The van der Waals surface area contributed by atoms with Gasteiger partial charge in [-0.1, -0.05) is 42.5 Å². The molecule has 0 radical (unpaired) electrons. The highest BCUT2D eigenvalue weighted by atomic mass is 16.3. The van der Waals surface area contributed by atoms with Crippen LogP contribution in [-0.4, -0.2) is 4.98 Å². The summed E-state index contributed by atoms with van der Waals surface area (Å²) < 4.78 is 5.79. The summed E-state index contributed by atoms with van der Waals surface area (Å²) in [5.41, 5.74) is 2.73. The van der Waals surface area contributed by atoms with Gasteiger partial charge in [-0.15, -0.1) is 0 Å². The molecule has 2 heteroatoms. The first-order valence-electron chi connectivity index (χ1n) is 6.25. The van der Waals surface area contributed by atoms with E-state index in [-0.39, 0.29) is 0 Å². The van der Waals surface area contributed by atoms with Gasteiger partial charge in [-0.3, -0.25) is 0 Å². The number of hydrogen-bond donors (Lipinski definition) is 0. The molecule has 0 amide bonds. The molecule has 4 aromatic rings. The quantitative estimate of drug-likeness (QED) is 0.488. The van der Waals surface area contributed by atoms with Gasteiger partial charge in [-0.2, -0.15) is 0 Å². The summed E-state index contributed by atoms with van der Waals surface area (Å²) in [7, 11) is 0. The third kappa shape index (κ3) is 1.69. The first kappa shape index (κ1) is 10.3. The summed E-state index contributed by atoms with van der Waals surface area (Å²) in [6, 6.07) is 22.4. The van der Waals surface area contributed by atoms with Crippen molar-refractivity contribution in [2.24, 2.45) is 0 Å². The number of hydrogen-bond acceptors (Lipinski definition) is 2. The molecule has 0 spiro atoms. The Bertz CT molecular complexity index is 843. The van der Waals surface area contributed by atoms with Crippen molar-refractivity contribution >= 4 is 21.9 Å². The average molecular weight is 245 g/mol. The summed E-state index contributed by atoms with van der Waals surface area (Å²) >= 11 is 0. The third-order valence-electron chi connectivity index (χ3n) is 3.29. The molecule has 3 aromatic carbocycles. The van der Waals surface area contributed by atoms with Crippen LogP contribution in [0.3, 0.4) is 0 Å². The van der Waals surface area contributed by atoms with Gasteiger partial charge in [-0.05, 0) is 35.0 Å². The standard InChI is InChI=1S/C17H11NO/c1-2-6-13-11-14(10-9-12(13)5-1)17-18-15-7-3-4-8-16(15)19-17/h1-11H. The zero-order valence-corrected chi connectivity index (χ0v) is 10.2. The first-order chi connectivity index (χ1) is 9.40. The smallest absolute Gasteiger partial charge is 0.227 e. The van der Waals surface area contributed by atoms with Crippen LogP contribution in [0.5, 0.6) is 0 Å². The Labute approximate surface area is 110 Å². The van der Waals surface area contributed by atoms with Crippen LogP contribution in [0.25, 0.3) is 33.3 Å². The summed E-state index contributed by atoms with van der Waals surface area (Å²) in [4.78, 5) is 4.52. The molecule has 1 aromatic heterocycles. The van der Waals surface area contributed by atoms with Crippen molar-refractivity contribution in [1.82, 2.24) is 4.98 Å². The Morgan fingerprint density at radius 3 is 2.42 bits per heavy atom. The molecule has 0 saturated carbocycles. The van der Waals surface area contributed by atoms with Gasteiger partial charge in [0.2, 0.25) is 5.89 Å². The van der Waals surface area contributed by atoms with Gasteiger partial charge in [0.05, 0.1) is 0 Å². The SMILES string of the molecule is c1ccc2cc(-c3nc4ccccc4o3)ccc2c1. The van der Waals surface area contributed by atoms with Gasteiger partial charge in [-0.25, -0.2) is 4.98 Å². The number of oxazole rings is 1. The van der Waals surface area contributed by atoms with Crippen LogP contribution in [0, 0.1) is 0 Å². The van der Waals surface area contributed by atoms with Crippen molar-refractivity contribution in [3.63, 3.8) is 0 Å². The Kier molecular flexibility index (Phi) is 2.15. The minimum atomic E-state index is 0.673. The van der Waals surface area contributed by atoms with Crippen LogP contribution in [-0.2, 0) is 0 Å². The van der Waals surface area contributed by atoms with Gasteiger partial charge < -0.3 is 4.42 Å². The van der Waals surface area contributed by atoms with Crippen LogP contribution >= 0.6 is 0 Å². The maximum atomic E-state index is 5.79. The van der Waals surface area contributed by atoms with Crippen LogP contribution in [0.15, 0.2) is 71.1 Å². The van der Waals surface area contributed by atoms with E-state index in [0.29, 0.717) is 5.89 Å². The molecular formula is C17H11NO. The second kappa shape index (κ2) is 3.95. The normalized spacial score (nSPS) is 11.2. The lowest BCUT2D eigenvalue weighted by Gasteiger charge is -1.99. The Hall–Kier alpha value is -2.61. The lowest BCUT2D eigenvalue weighted by molar-refractivity contribution is 0.620. The van der Waals surface area contributed by atoms with E-state index >= 15 is 0 Å². The molecule has 0 atom stereocenters. The van der Waals surface area contributed by atoms with Gasteiger partial charge in [0.15, 0.2) is 5.58 Å². The van der Waals surface area contributed by atoms with E-state index in [4.69, 9.17) is 4.42 Å². The number of benzene rings is 3. The van der Waals surface area contributed by atoms with E-state index < -0.39 is 0 Å². The molecule has 0 unspecified atom stereocenters. The molecule has 19 heavy (non-hydrogen) atoms. The second-order valence-electron chi connectivity index (χ2n) is 4.55. The predicted octanol–water partition coefficient (Wildman–Crippen LogP) is 4.65. The summed E-state index contributed by atoms with van der Waals surface area (Å²) in [6.45, 7) is 0. The molecular weight excluding hydrogens is 234 g/mol. The minimum Gasteiger partial charge on any atom is -0.436 e. The molecule has 2 nitrogen and oxygen atoms in total. The van der Waals surface area contributed by atoms with E-state index in [1.165, 1.54) is 10.8 Å². The number of aromatic nitrogens is 1. The maximum Gasteiger partial charge on any atom is 0.227 e. The molecule has 0 saturated heterocycles. The Morgan fingerprint density at radius 2 is 1.53 bits per heavy atom. The largest absolute Gasteiger partial charge is 0.436 e. The molecule has 90 valence electrons. The van der Waals surface area contributed by atoms with E-state index in [1.54, 1.807) is 0 Å². The van der Waals surface area contributed by atoms with E-state index in [2.05, 4.69) is 29.2 Å². The molecule has 0 N–H and O–H groups in total. The zero-order chi connectivity index (χ0) is 12.7. The van der Waals surface area contributed by atoms with E-state index in [1.807, 2.05) is 42.5 Å².